The van der Waals surface area contributed by atoms with E-state index in [1.54, 1.807) is 30.1 Å². The second-order valence-electron chi connectivity index (χ2n) is 4.61. The maximum atomic E-state index is 11.9. The molecule has 0 aromatic carbocycles. The third kappa shape index (κ3) is 3.25. The molecule has 9 heteroatoms. The molecule has 0 aliphatic rings. The van der Waals surface area contributed by atoms with E-state index in [0.29, 0.717) is 23.8 Å². The number of amides is 1. The Balaban J connectivity index is 1.64. The molecule has 0 radical (unpaired) electrons. The van der Waals surface area contributed by atoms with Gasteiger partial charge in [-0.25, -0.2) is 0 Å². The quantitative estimate of drug-likeness (QED) is 0.743. The van der Waals surface area contributed by atoms with Crippen molar-refractivity contribution in [1.29, 1.82) is 0 Å². The average Bonchev–Trinajstić information content (AvgIpc) is 3.20. The van der Waals surface area contributed by atoms with Crippen LogP contribution >= 0.6 is 15.9 Å². The number of carbonyl (C=O) groups excluding carboxylic acids is 1. The molecule has 114 valence electrons. The summed E-state index contributed by atoms with van der Waals surface area (Å²) in [5.74, 6) is 0.546. The van der Waals surface area contributed by atoms with Crippen LogP contribution < -0.4 is 5.32 Å². The lowest BCUT2D eigenvalue weighted by molar-refractivity contribution is 0.0932. The molecule has 0 bridgehead atoms. The summed E-state index contributed by atoms with van der Waals surface area (Å²) in [4.78, 5) is 16.2. The molecule has 0 fully saturated rings. The highest BCUT2D eigenvalue weighted by molar-refractivity contribution is 9.10. The van der Waals surface area contributed by atoms with Gasteiger partial charge in [-0.3, -0.25) is 9.48 Å². The van der Waals surface area contributed by atoms with Crippen LogP contribution in [0.25, 0.3) is 0 Å². The average molecular weight is 366 g/mol. The number of furan rings is 1. The molecular weight excluding hydrogens is 354 g/mol. The SMILES string of the molecule is CC(NC(=O)c1ccoc1)c1nc(Cn2cc(Br)cn2)no1. The zero-order valence-corrected chi connectivity index (χ0v) is 13.1. The first-order valence-electron chi connectivity index (χ1n) is 6.45. The molecular formula is C13H12BrN5O3. The number of hydrogen-bond acceptors (Lipinski definition) is 6. The van der Waals surface area contributed by atoms with E-state index in [0.717, 1.165) is 4.47 Å². The van der Waals surface area contributed by atoms with Crippen molar-refractivity contribution >= 4 is 21.8 Å². The van der Waals surface area contributed by atoms with Crippen LogP contribution in [-0.4, -0.2) is 25.8 Å². The van der Waals surface area contributed by atoms with Gasteiger partial charge < -0.3 is 14.3 Å². The summed E-state index contributed by atoms with van der Waals surface area (Å²) < 4.78 is 12.6. The van der Waals surface area contributed by atoms with Crippen molar-refractivity contribution in [1.82, 2.24) is 25.2 Å². The van der Waals surface area contributed by atoms with Crippen molar-refractivity contribution in [2.24, 2.45) is 0 Å². The van der Waals surface area contributed by atoms with E-state index in [4.69, 9.17) is 8.94 Å². The molecule has 3 rings (SSSR count). The molecule has 22 heavy (non-hydrogen) atoms. The molecule has 1 N–H and O–H groups in total. The first kappa shape index (κ1) is 14.5. The largest absolute Gasteiger partial charge is 0.472 e. The molecule has 0 aliphatic heterocycles. The van der Waals surface area contributed by atoms with E-state index in [9.17, 15) is 4.79 Å². The highest BCUT2D eigenvalue weighted by Gasteiger charge is 2.18. The van der Waals surface area contributed by atoms with E-state index in [1.165, 1.54) is 12.5 Å². The number of rotatable bonds is 5. The van der Waals surface area contributed by atoms with Crippen molar-refractivity contribution in [3.8, 4) is 0 Å². The number of hydrogen-bond donors (Lipinski definition) is 1. The van der Waals surface area contributed by atoms with Gasteiger partial charge in [0.05, 0.1) is 22.5 Å². The van der Waals surface area contributed by atoms with Gasteiger partial charge >= 0.3 is 0 Å². The van der Waals surface area contributed by atoms with Crippen LogP contribution in [0.3, 0.4) is 0 Å². The second kappa shape index (κ2) is 6.14. The molecule has 3 heterocycles. The standard InChI is InChI=1S/C13H12BrN5O3/c1-8(16-12(20)9-2-3-21-7-9)13-17-11(18-22-13)6-19-5-10(14)4-15-19/h2-5,7-8H,6H2,1H3,(H,16,20). The molecule has 1 amide bonds. The summed E-state index contributed by atoms with van der Waals surface area (Å²) in [5.41, 5.74) is 0.438. The van der Waals surface area contributed by atoms with Crippen LogP contribution in [0.15, 0.2) is 44.4 Å². The van der Waals surface area contributed by atoms with Crippen LogP contribution in [0, 0.1) is 0 Å². The van der Waals surface area contributed by atoms with Gasteiger partial charge in [0, 0.05) is 6.20 Å². The molecule has 8 nitrogen and oxygen atoms in total. The van der Waals surface area contributed by atoms with Crippen LogP contribution in [0.4, 0.5) is 0 Å². The maximum absolute atomic E-state index is 11.9. The number of aromatic nitrogens is 4. The van der Waals surface area contributed by atoms with Crippen molar-refractivity contribution in [2.45, 2.75) is 19.5 Å². The zero-order chi connectivity index (χ0) is 15.5. The topological polar surface area (TPSA) is 99.0 Å². The predicted octanol–water partition coefficient (Wildman–Crippen LogP) is 2.16. The molecule has 1 atom stereocenters. The van der Waals surface area contributed by atoms with Crippen molar-refractivity contribution in [2.75, 3.05) is 0 Å². The van der Waals surface area contributed by atoms with E-state index in [-0.39, 0.29) is 5.91 Å². The summed E-state index contributed by atoms with van der Waals surface area (Å²) in [7, 11) is 0. The maximum Gasteiger partial charge on any atom is 0.255 e. The molecule has 3 aromatic heterocycles. The number of nitrogens with one attached hydrogen (secondary N) is 1. The minimum absolute atomic E-state index is 0.267. The lowest BCUT2D eigenvalue weighted by atomic mass is 10.2. The van der Waals surface area contributed by atoms with Gasteiger partial charge in [0.2, 0.25) is 5.89 Å². The van der Waals surface area contributed by atoms with Gasteiger partial charge in [-0.05, 0) is 28.9 Å². The number of nitrogens with zero attached hydrogens (tertiary/aromatic N) is 4. The molecule has 0 aliphatic carbocycles. The fraction of sp³-hybridized carbons (Fsp3) is 0.231. The summed E-state index contributed by atoms with van der Waals surface area (Å²) >= 11 is 3.32. The van der Waals surface area contributed by atoms with Crippen LogP contribution in [0.2, 0.25) is 0 Å². The second-order valence-corrected chi connectivity index (χ2v) is 5.53. The highest BCUT2D eigenvalue weighted by atomic mass is 79.9. The van der Waals surface area contributed by atoms with Crippen LogP contribution in [0.1, 0.15) is 35.0 Å². The van der Waals surface area contributed by atoms with Crippen molar-refractivity contribution in [3.05, 3.63) is 52.7 Å². The van der Waals surface area contributed by atoms with Gasteiger partial charge in [-0.15, -0.1) is 0 Å². The normalized spacial score (nSPS) is 12.3. The lowest BCUT2D eigenvalue weighted by Crippen LogP contribution is -2.26. The van der Waals surface area contributed by atoms with E-state index < -0.39 is 6.04 Å². The minimum Gasteiger partial charge on any atom is -0.472 e. The van der Waals surface area contributed by atoms with E-state index in [1.807, 2.05) is 0 Å². The summed E-state index contributed by atoms with van der Waals surface area (Å²) in [5, 5.41) is 10.7. The zero-order valence-electron chi connectivity index (χ0n) is 11.6. The Morgan fingerprint density at radius 2 is 2.41 bits per heavy atom. The Kier molecular flexibility index (Phi) is 4.05. The minimum atomic E-state index is -0.409. The van der Waals surface area contributed by atoms with Gasteiger partial charge in [-0.1, -0.05) is 5.16 Å². The van der Waals surface area contributed by atoms with Gasteiger partial charge in [-0.2, -0.15) is 10.1 Å². The molecule has 3 aromatic rings. The molecule has 0 saturated carbocycles. The fourth-order valence-corrected chi connectivity index (χ4v) is 2.14. The number of carbonyl (C=O) groups is 1. The van der Waals surface area contributed by atoms with Gasteiger partial charge in [0.25, 0.3) is 5.91 Å². The Hall–Kier alpha value is -2.42. The molecule has 0 spiro atoms. The van der Waals surface area contributed by atoms with Crippen molar-refractivity contribution < 1.29 is 13.7 Å². The molecule has 1 unspecified atom stereocenters. The molecule has 0 saturated heterocycles. The van der Waals surface area contributed by atoms with Gasteiger partial charge in [0.15, 0.2) is 5.82 Å². The Labute approximate surface area is 133 Å². The van der Waals surface area contributed by atoms with Crippen molar-refractivity contribution in [3.63, 3.8) is 0 Å². The third-order valence-electron chi connectivity index (χ3n) is 2.89. The predicted molar refractivity (Wildman–Crippen MR) is 77.9 cm³/mol. The van der Waals surface area contributed by atoms with E-state index in [2.05, 4.69) is 36.5 Å². The summed E-state index contributed by atoms with van der Waals surface area (Å²) in [6.45, 7) is 2.15. The summed E-state index contributed by atoms with van der Waals surface area (Å²) in [6.07, 6.45) is 6.29. The highest BCUT2D eigenvalue weighted by Crippen LogP contribution is 2.12. The fourth-order valence-electron chi connectivity index (χ4n) is 1.81. The van der Waals surface area contributed by atoms with Crippen LogP contribution in [-0.2, 0) is 6.54 Å². The Morgan fingerprint density at radius 1 is 1.55 bits per heavy atom. The van der Waals surface area contributed by atoms with Gasteiger partial charge in [0.1, 0.15) is 18.8 Å². The Bertz CT molecular complexity index is 764. The summed E-state index contributed by atoms with van der Waals surface area (Å²) in [6, 6.07) is 1.17. The van der Waals surface area contributed by atoms with E-state index >= 15 is 0 Å². The smallest absolute Gasteiger partial charge is 0.255 e. The third-order valence-corrected chi connectivity index (χ3v) is 3.30. The number of halogens is 1. The first-order chi connectivity index (χ1) is 10.6. The Morgan fingerprint density at radius 3 is 3.09 bits per heavy atom. The lowest BCUT2D eigenvalue weighted by Gasteiger charge is -2.07. The monoisotopic (exact) mass is 365 g/mol. The first-order valence-corrected chi connectivity index (χ1v) is 7.24. The van der Waals surface area contributed by atoms with Crippen LogP contribution in [0.5, 0.6) is 0 Å².